The first-order valence-electron chi connectivity index (χ1n) is 6.90. The van der Waals surface area contributed by atoms with Crippen LogP contribution in [0, 0.1) is 11.3 Å². The molecule has 0 aliphatic heterocycles. The summed E-state index contributed by atoms with van der Waals surface area (Å²) in [6.07, 6.45) is 3.78. The maximum Gasteiger partial charge on any atom is 0.118 e. The van der Waals surface area contributed by atoms with Gasteiger partial charge in [0.05, 0.1) is 7.11 Å². The molecule has 0 heterocycles. The molecule has 18 heavy (non-hydrogen) atoms. The first-order chi connectivity index (χ1) is 8.55. The lowest BCUT2D eigenvalue weighted by Gasteiger charge is -2.40. The fraction of sp³-hybridized carbons (Fsp3) is 0.625. The molecule has 0 spiro atoms. The zero-order valence-electron chi connectivity index (χ0n) is 11.8. The van der Waals surface area contributed by atoms with Gasteiger partial charge < -0.3 is 10.5 Å². The quantitative estimate of drug-likeness (QED) is 0.886. The molecule has 2 N–H and O–H groups in total. The molecule has 2 atom stereocenters. The van der Waals surface area contributed by atoms with Crippen molar-refractivity contribution in [1.82, 2.24) is 0 Å². The van der Waals surface area contributed by atoms with Crippen LogP contribution in [-0.4, -0.2) is 13.7 Å². The van der Waals surface area contributed by atoms with Crippen molar-refractivity contribution in [2.24, 2.45) is 17.1 Å². The zero-order valence-corrected chi connectivity index (χ0v) is 11.8. The Morgan fingerprint density at radius 3 is 2.50 bits per heavy atom. The molecule has 1 aliphatic carbocycles. The van der Waals surface area contributed by atoms with Gasteiger partial charge in [0.25, 0.3) is 0 Å². The molecular formula is C16H25NO. The summed E-state index contributed by atoms with van der Waals surface area (Å²) in [6, 6.07) is 8.52. The van der Waals surface area contributed by atoms with E-state index in [1.807, 2.05) is 0 Å². The predicted octanol–water partition coefficient (Wildman–Crippen LogP) is 3.56. The van der Waals surface area contributed by atoms with Gasteiger partial charge in [-0.05, 0) is 60.8 Å². The second-order valence-electron chi connectivity index (χ2n) is 6.28. The molecule has 2 rings (SSSR count). The van der Waals surface area contributed by atoms with Crippen LogP contribution in [0.2, 0.25) is 0 Å². The van der Waals surface area contributed by atoms with E-state index in [0.29, 0.717) is 17.3 Å². The van der Waals surface area contributed by atoms with Gasteiger partial charge in [0.2, 0.25) is 0 Å². The third-order valence-electron chi connectivity index (χ3n) is 4.38. The average molecular weight is 247 g/mol. The minimum Gasteiger partial charge on any atom is -0.497 e. The van der Waals surface area contributed by atoms with Crippen molar-refractivity contribution < 1.29 is 4.74 Å². The summed E-state index contributed by atoms with van der Waals surface area (Å²) in [4.78, 5) is 0. The van der Waals surface area contributed by atoms with E-state index in [4.69, 9.17) is 10.5 Å². The van der Waals surface area contributed by atoms with Gasteiger partial charge in [-0.2, -0.15) is 0 Å². The van der Waals surface area contributed by atoms with Gasteiger partial charge in [0, 0.05) is 0 Å². The lowest BCUT2D eigenvalue weighted by atomic mass is 9.65. The van der Waals surface area contributed by atoms with E-state index >= 15 is 0 Å². The van der Waals surface area contributed by atoms with Crippen LogP contribution in [0.5, 0.6) is 5.75 Å². The van der Waals surface area contributed by atoms with Gasteiger partial charge in [-0.3, -0.25) is 0 Å². The van der Waals surface area contributed by atoms with Crippen LogP contribution < -0.4 is 10.5 Å². The number of ether oxygens (including phenoxy) is 1. The van der Waals surface area contributed by atoms with E-state index in [0.717, 1.165) is 12.3 Å². The van der Waals surface area contributed by atoms with E-state index in [1.54, 1.807) is 7.11 Å². The predicted molar refractivity (Wildman–Crippen MR) is 75.9 cm³/mol. The van der Waals surface area contributed by atoms with Crippen molar-refractivity contribution in [3.8, 4) is 5.75 Å². The Balaban J connectivity index is 2.21. The minimum absolute atomic E-state index is 0.441. The Morgan fingerprint density at radius 2 is 1.94 bits per heavy atom. The normalized spacial score (nSPS) is 26.9. The second-order valence-corrected chi connectivity index (χ2v) is 6.28. The first-order valence-corrected chi connectivity index (χ1v) is 6.90. The first kappa shape index (κ1) is 13.4. The summed E-state index contributed by atoms with van der Waals surface area (Å²) in [6.45, 7) is 5.54. The van der Waals surface area contributed by atoms with Gasteiger partial charge >= 0.3 is 0 Å². The molecule has 1 fully saturated rings. The SMILES string of the molecule is COc1ccc(C2CC(C)(C)CCC2CN)cc1. The summed E-state index contributed by atoms with van der Waals surface area (Å²) in [5, 5.41) is 0. The molecular weight excluding hydrogens is 222 g/mol. The van der Waals surface area contributed by atoms with Crippen molar-refractivity contribution in [1.29, 1.82) is 0 Å². The van der Waals surface area contributed by atoms with Crippen molar-refractivity contribution in [3.05, 3.63) is 29.8 Å². The third kappa shape index (κ3) is 2.86. The Kier molecular flexibility index (Phi) is 3.96. The lowest BCUT2D eigenvalue weighted by Crippen LogP contribution is -2.32. The smallest absolute Gasteiger partial charge is 0.118 e. The van der Waals surface area contributed by atoms with Crippen LogP contribution in [0.15, 0.2) is 24.3 Å². The summed E-state index contributed by atoms with van der Waals surface area (Å²) >= 11 is 0. The molecule has 1 saturated carbocycles. The van der Waals surface area contributed by atoms with Crippen LogP contribution >= 0.6 is 0 Å². The third-order valence-corrected chi connectivity index (χ3v) is 4.38. The highest BCUT2D eigenvalue weighted by molar-refractivity contribution is 5.30. The topological polar surface area (TPSA) is 35.2 Å². The molecule has 0 bridgehead atoms. The van der Waals surface area contributed by atoms with Gasteiger partial charge in [-0.25, -0.2) is 0 Å². The molecule has 0 amide bonds. The number of methoxy groups -OCH3 is 1. The Bertz CT molecular complexity index is 383. The summed E-state index contributed by atoms with van der Waals surface area (Å²) < 4.78 is 5.23. The van der Waals surface area contributed by atoms with Gasteiger partial charge in [-0.15, -0.1) is 0 Å². The molecule has 2 nitrogen and oxygen atoms in total. The molecule has 0 saturated heterocycles. The number of hydrogen-bond donors (Lipinski definition) is 1. The lowest BCUT2D eigenvalue weighted by molar-refractivity contribution is 0.165. The van der Waals surface area contributed by atoms with E-state index in [2.05, 4.69) is 38.1 Å². The molecule has 1 aromatic carbocycles. The molecule has 2 unspecified atom stereocenters. The van der Waals surface area contributed by atoms with Crippen molar-refractivity contribution >= 4 is 0 Å². The van der Waals surface area contributed by atoms with Crippen LogP contribution in [-0.2, 0) is 0 Å². The van der Waals surface area contributed by atoms with Gasteiger partial charge in [0.15, 0.2) is 0 Å². The summed E-state index contributed by atoms with van der Waals surface area (Å²) in [5.74, 6) is 2.16. The van der Waals surface area contributed by atoms with E-state index in [9.17, 15) is 0 Å². The van der Waals surface area contributed by atoms with Crippen molar-refractivity contribution in [2.75, 3.05) is 13.7 Å². The van der Waals surface area contributed by atoms with E-state index < -0.39 is 0 Å². The second kappa shape index (κ2) is 5.31. The summed E-state index contributed by atoms with van der Waals surface area (Å²) in [7, 11) is 1.71. The van der Waals surface area contributed by atoms with Gasteiger partial charge in [-0.1, -0.05) is 26.0 Å². The summed E-state index contributed by atoms with van der Waals surface area (Å²) in [5.41, 5.74) is 7.81. The number of rotatable bonds is 3. The zero-order chi connectivity index (χ0) is 13.2. The Labute approximate surface area is 111 Å². The van der Waals surface area contributed by atoms with Crippen molar-refractivity contribution in [3.63, 3.8) is 0 Å². The highest BCUT2D eigenvalue weighted by Gasteiger charge is 2.34. The van der Waals surface area contributed by atoms with Crippen LogP contribution in [0.4, 0.5) is 0 Å². The fourth-order valence-electron chi connectivity index (χ4n) is 3.16. The molecule has 0 radical (unpaired) electrons. The maximum absolute atomic E-state index is 5.95. The largest absolute Gasteiger partial charge is 0.497 e. The molecule has 0 aromatic heterocycles. The Morgan fingerprint density at radius 1 is 1.28 bits per heavy atom. The van der Waals surface area contributed by atoms with Crippen molar-refractivity contribution in [2.45, 2.75) is 39.0 Å². The Hall–Kier alpha value is -1.02. The minimum atomic E-state index is 0.441. The number of hydrogen-bond acceptors (Lipinski definition) is 2. The van der Waals surface area contributed by atoms with Gasteiger partial charge in [0.1, 0.15) is 5.75 Å². The van der Waals surface area contributed by atoms with Crippen LogP contribution in [0.3, 0.4) is 0 Å². The standard InChI is InChI=1S/C16H25NO/c1-16(2)9-8-13(11-17)15(10-16)12-4-6-14(18-3)7-5-12/h4-7,13,15H,8-11,17H2,1-3H3. The average Bonchev–Trinajstić information content (AvgIpc) is 2.38. The van der Waals surface area contributed by atoms with Crippen LogP contribution in [0.25, 0.3) is 0 Å². The van der Waals surface area contributed by atoms with Crippen LogP contribution in [0.1, 0.15) is 44.6 Å². The molecule has 1 aromatic rings. The van der Waals surface area contributed by atoms with E-state index in [1.165, 1.54) is 24.8 Å². The molecule has 1 aliphatic rings. The van der Waals surface area contributed by atoms with E-state index in [-0.39, 0.29) is 0 Å². The number of benzene rings is 1. The maximum atomic E-state index is 5.95. The fourth-order valence-corrected chi connectivity index (χ4v) is 3.16. The monoisotopic (exact) mass is 247 g/mol. The number of nitrogens with two attached hydrogens (primary N) is 1. The highest BCUT2D eigenvalue weighted by atomic mass is 16.5. The molecule has 100 valence electrons. The highest BCUT2D eigenvalue weighted by Crippen LogP contribution is 2.46. The molecule has 2 heteroatoms.